The van der Waals surface area contributed by atoms with Crippen molar-refractivity contribution in [3.05, 3.63) is 144 Å². The van der Waals surface area contributed by atoms with Crippen molar-refractivity contribution in [2.75, 3.05) is 13.2 Å². The summed E-state index contributed by atoms with van der Waals surface area (Å²) in [7, 11) is -2.07. The van der Waals surface area contributed by atoms with Crippen molar-refractivity contribution in [1.82, 2.24) is 4.90 Å². The maximum Gasteiger partial charge on any atom is 0.416 e. The first-order valence-corrected chi connectivity index (χ1v) is 22.5. The highest BCUT2D eigenvalue weighted by molar-refractivity contribution is 6.74. The summed E-state index contributed by atoms with van der Waals surface area (Å²) in [4.78, 5) is 28.7. The van der Waals surface area contributed by atoms with Crippen LogP contribution in [0.15, 0.2) is 121 Å². The Hall–Kier alpha value is -4.12. The molecule has 0 aliphatic carbocycles. The van der Waals surface area contributed by atoms with E-state index in [9.17, 15) is 9.59 Å². The third-order valence-corrected chi connectivity index (χ3v) is 15.4. The van der Waals surface area contributed by atoms with Gasteiger partial charge in [-0.2, -0.15) is 0 Å². The predicted octanol–water partition coefficient (Wildman–Crippen LogP) is 9.77. The van der Waals surface area contributed by atoms with Gasteiger partial charge in [-0.25, -0.2) is 9.69 Å². The molecule has 4 aromatic rings. The average molecular weight is 766 g/mol. The molecule has 1 heterocycles. The van der Waals surface area contributed by atoms with Gasteiger partial charge in [-0.05, 0) is 59.6 Å². The lowest BCUT2D eigenvalue weighted by atomic mass is 9.93. The minimum atomic E-state index is -2.07. The summed E-state index contributed by atoms with van der Waals surface area (Å²) in [5.41, 5.74) is 4.10. The van der Waals surface area contributed by atoms with Crippen LogP contribution in [0.4, 0.5) is 4.79 Å². The van der Waals surface area contributed by atoms with Crippen molar-refractivity contribution < 1.29 is 33.0 Å². The van der Waals surface area contributed by atoms with Gasteiger partial charge in [0.05, 0.1) is 38.1 Å². The van der Waals surface area contributed by atoms with E-state index < -0.39 is 44.7 Å². The Bertz CT molecular complexity index is 1730. The predicted molar refractivity (Wildman–Crippen MR) is 219 cm³/mol. The van der Waals surface area contributed by atoms with Crippen LogP contribution in [0.5, 0.6) is 0 Å². The summed E-state index contributed by atoms with van der Waals surface area (Å²) in [6.07, 6.45) is -0.849. The number of ether oxygens (including phenoxy) is 4. The highest BCUT2D eigenvalue weighted by Crippen LogP contribution is 2.37. The summed E-state index contributed by atoms with van der Waals surface area (Å²) in [6, 6.07) is 39.6. The van der Waals surface area contributed by atoms with Crippen LogP contribution in [-0.2, 0) is 54.4 Å². The van der Waals surface area contributed by atoms with Gasteiger partial charge in [-0.3, -0.25) is 4.79 Å². The SMILES string of the molecule is C[C@@H](C[C@H](OCc1ccccc1)[C@@H](OCc1ccccc1)[C@@H](CCO[Si](C)(C)C(C)(C)C)OCc1ccccc1)C(=O)N1C(=O)OC[C@@H]1Cc1ccccc1. The van der Waals surface area contributed by atoms with E-state index in [1.54, 1.807) is 0 Å². The summed E-state index contributed by atoms with van der Waals surface area (Å²) < 4.78 is 32.7. The van der Waals surface area contributed by atoms with Crippen LogP contribution in [0.1, 0.15) is 62.8 Å². The summed E-state index contributed by atoms with van der Waals surface area (Å²) in [6.45, 7) is 14.7. The zero-order valence-electron chi connectivity index (χ0n) is 33.4. The number of amides is 2. The number of rotatable bonds is 20. The first-order chi connectivity index (χ1) is 26.4. The molecule has 0 bridgehead atoms. The van der Waals surface area contributed by atoms with Crippen molar-refractivity contribution in [1.29, 1.82) is 0 Å². The number of benzene rings is 4. The second kappa shape index (κ2) is 20.2. The molecule has 1 aliphatic rings. The van der Waals surface area contributed by atoms with E-state index in [2.05, 4.69) is 33.9 Å². The number of carbonyl (C=O) groups is 2. The zero-order valence-corrected chi connectivity index (χ0v) is 34.4. The quantitative estimate of drug-likeness (QED) is 0.0829. The monoisotopic (exact) mass is 765 g/mol. The van der Waals surface area contributed by atoms with Crippen molar-refractivity contribution in [3.63, 3.8) is 0 Å². The molecule has 0 aromatic heterocycles. The number of nitrogens with zero attached hydrogens (tertiary/aromatic N) is 1. The van der Waals surface area contributed by atoms with Gasteiger partial charge in [0.1, 0.15) is 12.7 Å². The molecule has 0 spiro atoms. The molecule has 1 aliphatic heterocycles. The minimum absolute atomic E-state index is 0.0445. The summed E-state index contributed by atoms with van der Waals surface area (Å²) in [5, 5.41) is 0.0445. The van der Waals surface area contributed by atoms with E-state index in [-0.39, 0.29) is 17.6 Å². The van der Waals surface area contributed by atoms with Crippen molar-refractivity contribution in [2.45, 2.75) is 109 Å². The third kappa shape index (κ3) is 12.4. The maximum absolute atomic E-state index is 14.3. The Kier molecular flexibility index (Phi) is 15.4. The molecule has 55 heavy (non-hydrogen) atoms. The number of hydrogen-bond donors (Lipinski definition) is 0. The molecule has 0 radical (unpaired) electrons. The Labute approximate surface area is 329 Å². The first-order valence-electron chi connectivity index (χ1n) is 19.6. The molecule has 0 N–H and O–H groups in total. The molecule has 5 rings (SSSR count). The lowest BCUT2D eigenvalue weighted by Gasteiger charge is -2.38. The highest BCUT2D eigenvalue weighted by Gasteiger charge is 2.42. The van der Waals surface area contributed by atoms with E-state index in [0.29, 0.717) is 45.7 Å². The molecule has 0 saturated carbocycles. The van der Waals surface area contributed by atoms with Gasteiger partial charge in [0.15, 0.2) is 8.32 Å². The van der Waals surface area contributed by atoms with Crippen molar-refractivity contribution >= 4 is 20.3 Å². The molecule has 0 unspecified atom stereocenters. The highest BCUT2D eigenvalue weighted by atomic mass is 28.4. The van der Waals surface area contributed by atoms with Gasteiger partial charge in [-0.1, -0.05) is 149 Å². The van der Waals surface area contributed by atoms with Gasteiger partial charge < -0.3 is 23.4 Å². The number of imide groups is 1. The third-order valence-electron chi connectivity index (χ3n) is 10.8. The molecule has 1 fully saturated rings. The first kappa shape index (κ1) is 42.0. The molecular weight excluding hydrogens is 707 g/mol. The second-order valence-electron chi connectivity index (χ2n) is 16.1. The fraction of sp³-hybridized carbons (Fsp3) is 0.435. The summed E-state index contributed by atoms with van der Waals surface area (Å²) in [5.74, 6) is -0.882. The van der Waals surface area contributed by atoms with Crippen LogP contribution in [-0.4, -0.2) is 62.8 Å². The van der Waals surface area contributed by atoms with Gasteiger partial charge in [-0.15, -0.1) is 0 Å². The lowest BCUT2D eigenvalue weighted by Crippen LogP contribution is -2.48. The topological polar surface area (TPSA) is 83.5 Å². The molecule has 4 aromatic carbocycles. The van der Waals surface area contributed by atoms with Gasteiger partial charge in [0.2, 0.25) is 5.91 Å². The number of carbonyl (C=O) groups excluding carboxylic acids is 2. The van der Waals surface area contributed by atoms with Crippen LogP contribution in [0, 0.1) is 5.92 Å². The van der Waals surface area contributed by atoms with E-state index in [4.69, 9.17) is 23.4 Å². The van der Waals surface area contributed by atoms with Gasteiger partial charge in [0.25, 0.3) is 0 Å². The van der Waals surface area contributed by atoms with Crippen LogP contribution in [0.25, 0.3) is 0 Å². The largest absolute Gasteiger partial charge is 0.447 e. The Morgan fingerprint density at radius 2 is 1.18 bits per heavy atom. The fourth-order valence-electron chi connectivity index (χ4n) is 6.52. The molecule has 1 saturated heterocycles. The van der Waals surface area contributed by atoms with Crippen LogP contribution in [0.3, 0.4) is 0 Å². The molecule has 294 valence electrons. The minimum Gasteiger partial charge on any atom is -0.447 e. The van der Waals surface area contributed by atoms with Gasteiger partial charge >= 0.3 is 6.09 Å². The second-order valence-corrected chi connectivity index (χ2v) is 20.9. The van der Waals surface area contributed by atoms with Gasteiger partial charge in [0, 0.05) is 12.5 Å². The summed E-state index contributed by atoms with van der Waals surface area (Å²) >= 11 is 0. The van der Waals surface area contributed by atoms with E-state index >= 15 is 0 Å². The van der Waals surface area contributed by atoms with E-state index in [0.717, 1.165) is 22.3 Å². The van der Waals surface area contributed by atoms with Crippen molar-refractivity contribution in [2.24, 2.45) is 5.92 Å². The maximum atomic E-state index is 14.3. The standard InChI is InChI=1S/C46H59NO7Si/c1-35(44(48)47-40(34-53-45(47)49)30-36-19-11-7-12-20-36)29-42(51-32-38-23-15-9-16-24-38)43(52-33-39-25-17-10-18-26-39)41(50-31-37-21-13-8-14-22-37)27-28-54-55(5,6)46(2,3)4/h7-26,35,40-43H,27-34H2,1-6H3/t35-,40-,41+,42-,43-/m0/s1. The molecule has 2 amide bonds. The Morgan fingerprint density at radius 1 is 0.727 bits per heavy atom. The number of cyclic esters (lactones) is 1. The van der Waals surface area contributed by atoms with Crippen LogP contribution >= 0.6 is 0 Å². The lowest BCUT2D eigenvalue weighted by molar-refractivity contribution is -0.162. The Balaban J connectivity index is 1.46. The average Bonchev–Trinajstić information content (AvgIpc) is 3.55. The van der Waals surface area contributed by atoms with Crippen molar-refractivity contribution in [3.8, 4) is 0 Å². The molecule has 5 atom stereocenters. The molecule has 9 heteroatoms. The van der Waals surface area contributed by atoms with E-state index in [1.165, 1.54) is 4.90 Å². The van der Waals surface area contributed by atoms with Crippen LogP contribution in [0.2, 0.25) is 18.1 Å². The number of hydrogen-bond acceptors (Lipinski definition) is 7. The smallest absolute Gasteiger partial charge is 0.416 e. The molecule has 8 nitrogen and oxygen atoms in total. The molecular formula is C46H59NO7Si. The van der Waals surface area contributed by atoms with E-state index in [1.807, 2.05) is 128 Å². The zero-order chi connectivity index (χ0) is 39.3. The fourth-order valence-corrected chi connectivity index (χ4v) is 7.58. The van der Waals surface area contributed by atoms with Crippen LogP contribution < -0.4 is 0 Å². The normalized spacial score (nSPS) is 17.0. The Morgan fingerprint density at radius 3 is 1.67 bits per heavy atom.